The van der Waals surface area contributed by atoms with Crippen LogP contribution in [0.25, 0.3) is 0 Å². The van der Waals surface area contributed by atoms with Gasteiger partial charge < -0.3 is 0 Å². The fraction of sp³-hybridized carbons (Fsp3) is 1.00. The maximum absolute atomic E-state index is 12.8. The van der Waals surface area contributed by atoms with E-state index in [0.29, 0.717) is 18.2 Å². The van der Waals surface area contributed by atoms with Crippen molar-refractivity contribution in [3.8, 4) is 0 Å². The number of unbranched alkanes of at least 4 members (excludes halogenated alkanes) is 7. The molecule has 0 fully saturated rings. The molecule has 0 nitrogen and oxygen atoms in total. The summed E-state index contributed by atoms with van der Waals surface area (Å²) in [6.45, 7) is 2.20. The van der Waals surface area contributed by atoms with Crippen molar-refractivity contribution >= 4 is 11.8 Å². The van der Waals surface area contributed by atoms with Crippen LogP contribution < -0.4 is 0 Å². The monoisotopic (exact) mass is 238 g/mol. The van der Waals surface area contributed by atoms with Gasteiger partial charge in [-0.15, -0.1) is 0 Å². The maximum atomic E-state index is 12.8. The van der Waals surface area contributed by atoms with Crippen LogP contribution in [-0.4, -0.2) is 11.5 Å². The van der Waals surface area contributed by atoms with Crippen molar-refractivity contribution in [2.75, 3.05) is 6.26 Å². The summed E-state index contributed by atoms with van der Waals surface area (Å²) in [5.41, 5.74) is 0. The van der Waals surface area contributed by atoms with E-state index in [4.69, 9.17) is 0 Å². The van der Waals surface area contributed by atoms with E-state index in [-0.39, 0.29) is 6.42 Å². The highest BCUT2D eigenvalue weighted by Gasteiger charge is 2.25. The van der Waals surface area contributed by atoms with E-state index in [2.05, 4.69) is 6.92 Å². The largest absolute Gasteiger partial charge is 0.293 e. The average Bonchev–Trinajstić information content (AvgIpc) is 2.22. The third-order valence-corrected chi connectivity index (χ3v) is 3.42. The molecule has 3 heteroatoms. The second-order valence-corrected chi connectivity index (χ2v) is 5.07. The first-order valence-corrected chi connectivity index (χ1v) is 7.28. The molecule has 0 unspecified atom stereocenters. The highest BCUT2D eigenvalue weighted by Crippen LogP contribution is 2.32. The molecule has 0 aliphatic heterocycles. The van der Waals surface area contributed by atoms with Crippen molar-refractivity contribution in [3.63, 3.8) is 0 Å². The van der Waals surface area contributed by atoms with Gasteiger partial charge in [0.05, 0.1) is 0 Å². The van der Waals surface area contributed by atoms with Gasteiger partial charge in [-0.05, 0) is 12.7 Å². The molecule has 0 aromatic rings. The smallest absolute Gasteiger partial charge is 0.194 e. The van der Waals surface area contributed by atoms with Crippen LogP contribution in [0.15, 0.2) is 0 Å². The molecule has 0 spiro atoms. The summed E-state index contributed by atoms with van der Waals surface area (Å²) < 4.78 is 25.6. The average molecular weight is 238 g/mol. The van der Waals surface area contributed by atoms with Crippen molar-refractivity contribution in [2.45, 2.75) is 70.0 Å². The van der Waals surface area contributed by atoms with Crippen LogP contribution in [0.1, 0.15) is 64.7 Å². The highest BCUT2D eigenvalue weighted by atomic mass is 32.2. The van der Waals surface area contributed by atoms with E-state index in [1.165, 1.54) is 38.4 Å². The third kappa shape index (κ3) is 10.5. The van der Waals surface area contributed by atoms with Crippen molar-refractivity contribution in [3.05, 3.63) is 0 Å². The lowest BCUT2D eigenvalue weighted by Gasteiger charge is -2.12. The van der Waals surface area contributed by atoms with E-state index in [9.17, 15) is 8.78 Å². The lowest BCUT2D eigenvalue weighted by molar-refractivity contribution is 0.0926. The van der Waals surface area contributed by atoms with Gasteiger partial charge in [0.1, 0.15) is 0 Å². The summed E-state index contributed by atoms with van der Waals surface area (Å²) in [6, 6.07) is 0. The molecular formula is C12H24F2S. The minimum absolute atomic E-state index is 0.0448. The standard InChI is InChI=1S/C12H24F2S/c1-3-4-5-6-7-8-9-10-11-12(13,14)15-2/h3-11H2,1-2H3. The highest BCUT2D eigenvalue weighted by molar-refractivity contribution is 7.99. The molecule has 0 amide bonds. The van der Waals surface area contributed by atoms with Crippen molar-refractivity contribution in [1.29, 1.82) is 0 Å². The van der Waals surface area contributed by atoms with Gasteiger partial charge in [0.25, 0.3) is 5.25 Å². The number of hydrogen-bond acceptors (Lipinski definition) is 1. The van der Waals surface area contributed by atoms with E-state index >= 15 is 0 Å². The summed E-state index contributed by atoms with van der Waals surface area (Å²) >= 11 is 0.669. The first-order valence-electron chi connectivity index (χ1n) is 6.05. The zero-order chi connectivity index (χ0) is 11.6. The molecule has 0 aromatic heterocycles. The fourth-order valence-corrected chi connectivity index (χ4v) is 1.92. The molecule has 0 N–H and O–H groups in total. The predicted octanol–water partition coefficient (Wildman–Crippen LogP) is 5.47. The Morgan fingerprint density at radius 2 is 1.33 bits per heavy atom. The quantitative estimate of drug-likeness (QED) is 0.454. The molecule has 0 bridgehead atoms. The lowest BCUT2D eigenvalue weighted by Crippen LogP contribution is -2.08. The Kier molecular flexibility index (Phi) is 9.57. The maximum Gasteiger partial charge on any atom is 0.293 e. The first-order chi connectivity index (χ1) is 7.12. The number of hydrogen-bond donors (Lipinski definition) is 0. The molecule has 0 aliphatic rings. The number of rotatable bonds is 10. The second kappa shape index (κ2) is 9.44. The SMILES string of the molecule is CCCCCCCCCCC(F)(F)SC. The zero-order valence-corrected chi connectivity index (χ0v) is 10.8. The molecule has 0 saturated carbocycles. The Balaban J connectivity index is 3.11. The summed E-state index contributed by atoms with van der Waals surface area (Å²) in [6.07, 6.45) is 10.6. The van der Waals surface area contributed by atoms with Crippen LogP contribution in [0.2, 0.25) is 0 Å². The van der Waals surface area contributed by atoms with Crippen molar-refractivity contribution < 1.29 is 8.78 Å². The summed E-state index contributed by atoms with van der Waals surface area (Å²) in [7, 11) is 0. The van der Waals surface area contributed by atoms with Crippen LogP contribution in [0.3, 0.4) is 0 Å². The Bertz CT molecular complexity index is 138. The van der Waals surface area contributed by atoms with Gasteiger partial charge in [0.2, 0.25) is 0 Å². The molecule has 92 valence electrons. The Morgan fingerprint density at radius 3 is 1.80 bits per heavy atom. The van der Waals surface area contributed by atoms with Gasteiger partial charge in [0.15, 0.2) is 0 Å². The van der Waals surface area contributed by atoms with Crippen LogP contribution in [0.4, 0.5) is 8.78 Å². The van der Waals surface area contributed by atoms with Gasteiger partial charge >= 0.3 is 0 Å². The van der Waals surface area contributed by atoms with Gasteiger partial charge in [-0.3, -0.25) is 0 Å². The molecular weight excluding hydrogens is 214 g/mol. The van der Waals surface area contributed by atoms with Crippen molar-refractivity contribution in [2.24, 2.45) is 0 Å². The van der Waals surface area contributed by atoms with Crippen LogP contribution in [-0.2, 0) is 0 Å². The summed E-state index contributed by atoms with van der Waals surface area (Å²) in [5, 5.41) is -2.50. The van der Waals surface area contributed by atoms with E-state index in [1.807, 2.05) is 0 Å². The first kappa shape index (κ1) is 15.2. The summed E-state index contributed by atoms with van der Waals surface area (Å²) in [4.78, 5) is 0. The molecule has 15 heavy (non-hydrogen) atoms. The molecule has 0 heterocycles. The van der Waals surface area contributed by atoms with Crippen LogP contribution in [0, 0.1) is 0 Å². The molecule has 0 aliphatic carbocycles. The number of thioether (sulfide) groups is 1. The molecule has 0 radical (unpaired) electrons. The number of halogens is 2. The Labute approximate surface area is 97.2 Å². The van der Waals surface area contributed by atoms with Crippen LogP contribution >= 0.6 is 11.8 Å². The summed E-state index contributed by atoms with van der Waals surface area (Å²) in [5.74, 6) is 0. The second-order valence-electron chi connectivity index (χ2n) is 4.07. The molecule has 0 atom stereocenters. The lowest BCUT2D eigenvalue weighted by atomic mass is 10.1. The van der Waals surface area contributed by atoms with Crippen LogP contribution in [0.5, 0.6) is 0 Å². The minimum Gasteiger partial charge on any atom is -0.194 e. The Morgan fingerprint density at radius 1 is 0.867 bits per heavy atom. The van der Waals surface area contributed by atoms with Crippen molar-refractivity contribution in [1.82, 2.24) is 0 Å². The third-order valence-electron chi connectivity index (χ3n) is 2.62. The molecule has 0 rings (SSSR count). The van der Waals surface area contributed by atoms with E-state index in [0.717, 1.165) is 12.8 Å². The topological polar surface area (TPSA) is 0 Å². The van der Waals surface area contributed by atoms with Gasteiger partial charge in [-0.25, -0.2) is 0 Å². The Hall–Kier alpha value is 0.210. The number of alkyl halides is 2. The predicted molar refractivity (Wildman–Crippen MR) is 65.7 cm³/mol. The molecule has 0 saturated heterocycles. The zero-order valence-electron chi connectivity index (χ0n) is 10.0. The fourth-order valence-electron chi connectivity index (χ4n) is 1.57. The van der Waals surface area contributed by atoms with E-state index in [1.54, 1.807) is 0 Å². The van der Waals surface area contributed by atoms with E-state index < -0.39 is 5.25 Å². The van der Waals surface area contributed by atoms with Gasteiger partial charge in [0, 0.05) is 6.42 Å². The van der Waals surface area contributed by atoms with Gasteiger partial charge in [-0.2, -0.15) is 8.78 Å². The minimum atomic E-state index is -2.50. The normalized spacial score (nSPS) is 12.0. The molecule has 0 aromatic carbocycles. The van der Waals surface area contributed by atoms with Gasteiger partial charge in [-0.1, -0.05) is 63.6 Å².